The van der Waals surface area contributed by atoms with E-state index in [1.54, 1.807) is 6.08 Å². The van der Waals surface area contributed by atoms with Crippen LogP contribution >= 0.6 is 0 Å². The highest BCUT2D eigenvalue weighted by Gasteiger charge is 1.78. The number of carbonyl (C=O) groups is 1. The van der Waals surface area contributed by atoms with Gasteiger partial charge in [-0.15, -0.1) is 0 Å². The van der Waals surface area contributed by atoms with Gasteiger partial charge in [-0.2, -0.15) is 0 Å². The van der Waals surface area contributed by atoms with Crippen molar-refractivity contribution in [2.24, 2.45) is 0 Å². The molecule has 0 saturated heterocycles. The van der Waals surface area contributed by atoms with Crippen molar-refractivity contribution < 1.29 is 4.79 Å². The number of allylic oxidation sites excluding steroid dienone is 4. The second-order valence-electron chi connectivity index (χ2n) is 2.37. The van der Waals surface area contributed by atoms with Crippen LogP contribution in [0.5, 0.6) is 0 Å². The molecule has 0 aliphatic carbocycles. The lowest BCUT2D eigenvalue weighted by Gasteiger charge is -1.87. The van der Waals surface area contributed by atoms with Crippen molar-refractivity contribution in [1.29, 1.82) is 0 Å². The van der Waals surface area contributed by atoms with Crippen molar-refractivity contribution in [3.05, 3.63) is 24.3 Å². The Balaban J connectivity index is 3.08. The lowest BCUT2D eigenvalue weighted by Crippen LogP contribution is -1.69. The van der Waals surface area contributed by atoms with E-state index in [4.69, 9.17) is 0 Å². The highest BCUT2D eigenvalue weighted by Crippen LogP contribution is 1.97. The molecule has 0 aliphatic rings. The minimum Gasteiger partial charge on any atom is -0.299 e. The molecule has 1 nitrogen and oxygen atoms in total. The molecular formula is C10H16O. The van der Waals surface area contributed by atoms with Crippen molar-refractivity contribution in [2.45, 2.75) is 32.6 Å². The first-order valence-corrected chi connectivity index (χ1v) is 4.17. The third-order valence-corrected chi connectivity index (χ3v) is 1.36. The Morgan fingerprint density at radius 1 is 1.09 bits per heavy atom. The molecule has 0 fully saturated rings. The summed E-state index contributed by atoms with van der Waals surface area (Å²) in [5, 5.41) is 0. The summed E-state index contributed by atoms with van der Waals surface area (Å²) >= 11 is 0. The first kappa shape index (κ1) is 10.2. The monoisotopic (exact) mass is 152 g/mol. The number of unbranched alkanes of at least 4 members (excludes halogenated alkanes) is 2. The fraction of sp³-hybridized carbons (Fsp3) is 0.500. The Hall–Kier alpha value is -0.850. The van der Waals surface area contributed by atoms with Gasteiger partial charge in [0.05, 0.1) is 0 Å². The number of rotatable bonds is 6. The fourth-order valence-corrected chi connectivity index (χ4v) is 0.790. The molecule has 0 atom stereocenters. The molecule has 0 unspecified atom stereocenters. The molecule has 0 spiro atoms. The van der Waals surface area contributed by atoms with Crippen molar-refractivity contribution in [3.63, 3.8) is 0 Å². The minimum absolute atomic E-state index is 0.821. The number of hydrogen-bond donors (Lipinski definition) is 0. The van der Waals surface area contributed by atoms with Crippen LogP contribution in [0.3, 0.4) is 0 Å². The van der Waals surface area contributed by atoms with Gasteiger partial charge in [-0.05, 0) is 31.8 Å². The van der Waals surface area contributed by atoms with E-state index in [0.29, 0.717) is 0 Å². The van der Waals surface area contributed by atoms with Gasteiger partial charge in [-0.25, -0.2) is 0 Å². The van der Waals surface area contributed by atoms with Gasteiger partial charge in [0, 0.05) is 0 Å². The molecule has 62 valence electrons. The van der Waals surface area contributed by atoms with E-state index in [-0.39, 0.29) is 0 Å². The molecular weight excluding hydrogens is 136 g/mol. The maximum absolute atomic E-state index is 9.84. The Bertz CT molecular complexity index is 134. The third-order valence-electron chi connectivity index (χ3n) is 1.36. The predicted molar refractivity (Wildman–Crippen MR) is 48.5 cm³/mol. The van der Waals surface area contributed by atoms with Gasteiger partial charge in [0.2, 0.25) is 0 Å². The molecule has 0 aromatic rings. The number of hydrogen-bond acceptors (Lipinski definition) is 1. The van der Waals surface area contributed by atoms with E-state index < -0.39 is 0 Å². The molecule has 0 aliphatic heterocycles. The average Bonchev–Trinajstić information content (AvgIpc) is 2.03. The fourth-order valence-electron chi connectivity index (χ4n) is 0.790. The first-order valence-electron chi connectivity index (χ1n) is 4.17. The molecule has 0 radical (unpaired) electrons. The maximum Gasteiger partial charge on any atom is 0.142 e. The molecule has 0 aromatic heterocycles. The Kier molecular flexibility index (Phi) is 8.44. The second-order valence-corrected chi connectivity index (χ2v) is 2.37. The first-order chi connectivity index (χ1) is 5.41. The van der Waals surface area contributed by atoms with Gasteiger partial charge in [0.15, 0.2) is 0 Å². The van der Waals surface area contributed by atoms with Crippen LogP contribution in [0.2, 0.25) is 0 Å². The maximum atomic E-state index is 9.84. The summed E-state index contributed by atoms with van der Waals surface area (Å²) in [6, 6.07) is 0. The van der Waals surface area contributed by atoms with Gasteiger partial charge in [-0.3, -0.25) is 4.79 Å². The molecule has 0 saturated carbocycles. The predicted octanol–water partition coefficient (Wildman–Crippen LogP) is 2.88. The van der Waals surface area contributed by atoms with Crippen LogP contribution in [0.25, 0.3) is 0 Å². The largest absolute Gasteiger partial charge is 0.299 e. The number of carbonyl (C=O) groups excluding carboxylic acids is 1. The van der Waals surface area contributed by atoms with Crippen LogP contribution in [0.15, 0.2) is 24.3 Å². The Labute approximate surface area is 68.8 Å². The summed E-state index contributed by atoms with van der Waals surface area (Å²) in [4.78, 5) is 9.84. The molecule has 0 bridgehead atoms. The topological polar surface area (TPSA) is 17.1 Å². The summed E-state index contributed by atoms with van der Waals surface area (Å²) in [6.07, 6.45) is 13.0. The van der Waals surface area contributed by atoms with E-state index >= 15 is 0 Å². The van der Waals surface area contributed by atoms with Crippen LogP contribution in [0, 0.1) is 0 Å². The molecule has 0 rings (SSSR count). The van der Waals surface area contributed by atoms with Crippen molar-refractivity contribution in [1.82, 2.24) is 0 Å². The Morgan fingerprint density at radius 2 is 1.82 bits per heavy atom. The summed E-state index contributed by atoms with van der Waals surface area (Å²) < 4.78 is 0. The van der Waals surface area contributed by atoms with Gasteiger partial charge in [-0.1, -0.05) is 25.2 Å². The van der Waals surface area contributed by atoms with Crippen LogP contribution in [0.4, 0.5) is 0 Å². The van der Waals surface area contributed by atoms with E-state index in [1.165, 1.54) is 0 Å². The van der Waals surface area contributed by atoms with Crippen LogP contribution in [-0.4, -0.2) is 6.29 Å². The normalized spacial score (nSPS) is 11.4. The molecule has 0 aromatic carbocycles. The summed E-state index contributed by atoms with van der Waals surface area (Å²) in [6.45, 7) is 2.13. The SMILES string of the molecule is CCC=CCCC/C=C\C=O. The van der Waals surface area contributed by atoms with Crippen LogP contribution in [-0.2, 0) is 4.79 Å². The zero-order valence-corrected chi connectivity index (χ0v) is 7.12. The van der Waals surface area contributed by atoms with Crippen molar-refractivity contribution in [3.8, 4) is 0 Å². The molecule has 0 N–H and O–H groups in total. The van der Waals surface area contributed by atoms with Crippen molar-refractivity contribution >= 4 is 6.29 Å². The van der Waals surface area contributed by atoms with Gasteiger partial charge >= 0.3 is 0 Å². The van der Waals surface area contributed by atoms with Crippen LogP contribution in [0.1, 0.15) is 32.6 Å². The van der Waals surface area contributed by atoms with Crippen molar-refractivity contribution in [2.75, 3.05) is 0 Å². The Morgan fingerprint density at radius 3 is 2.45 bits per heavy atom. The van der Waals surface area contributed by atoms with E-state index in [0.717, 1.165) is 32.0 Å². The molecule has 0 heterocycles. The minimum atomic E-state index is 0.821. The zero-order chi connectivity index (χ0) is 8.36. The summed E-state index contributed by atoms with van der Waals surface area (Å²) in [5.41, 5.74) is 0. The second kappa shape index (κ2) is 9.15. The summed E-state index contributed by atoms with van der Waals surface area (Å²) in [5.74, 6) is 0. The van der Waals surface area contributed by atoms with Gasteiger partial charge < -0.3 is 0 Å². The molecule has 1 heteroatoms. The zero-order valence-electron chi connectivity index (χ0n) is 7.12. The standard InChI is InChI=1S/C10H16O/c1-2-3-4-5-6-7-8-9-10-11/h3-4,8-10H,2,5-7H2,1H3/b4-3?,9-8-. The number of aldehydes is 1. The van der Waals surface area contributed by atoms with Gasteiger partial charge in [0.1, 0.15) is 6.29 Å². The smallest absolute Gasteiger partial charge is 0.142 e. The average molecular weight is 152 g/mol. The third kappa shape index (κ3) is 9.15. The lowest BCUT2D eigenvalue weighted by atomic mass is 10.2. The quantitative estimate of drug-likeness (QED) is 0.247. The van der Waals surface area contributed by atoms with E-state index in [2.05, 4.69) is 19.1 Å². The van der Waals surface area contributed by atoms with E-state index in [9.17, 15) is 4.79 Å². The summed E-state index contributed by atoms with van der Waals surface area (Å²) in [7, 11) is 0. The molecule has 11 heavy (non-hydrogen) atoms. The van der Waals surface area contributed by atoms with Crippen LogP contribution < -0.4 is 0 Å². The lowest BCUT2D eigenvalue weighted by molar-refractivity contribution is -0.104. The highest BCUT2D eigenvalue weighted by atomic mass is 16.1. The van der Waals surface area contributed by atoms with E-state index in [1.807, 2.05) is 6.08 Å². The molecule has 0 amide bonds. The van der Waals surface area contributed by atoms with Gasteiger partial charge in [0.25, 0.3) is 0 Å². The highest BCUT2D eigenvalue weighted by molar-refractivity contribution is 5.64.